The number of imidazole rings is 1. The van der Waals surface area contributed by atoms with Gasteiger partial charge in [-0.15, -0.1) is 0 Å². The molecule has 0 amide bonds. The number of nitrogens with zero attached hydrogens (tertiary/aromatic N) is 3. The van der Waals surface area contributed by atoms with E-state index in [0.717, 1.165) is 66.8 Å². The number of nitrogens with one attached hydrogen (secondary N) is 2. The van der Waals surface area contributed by atoms with Crippen molar-refractivity contribution in [1.29, 1.82) is 0 Å². The molecule has 1 aromatic carbocycles. The predicted octanol–water partition coefficient (Wildman–Crippen LogP) is 3.86. The van der Waals surface area contributed by atoms with E-state index in [2.05, 4.69) is 20.2 Å². The van der Waals surface area contributed by atoms with Gasteiger partial charge >= 0.3 is 0 Å². The number of aryl methyl sites for hydroxylation is 1. The summed E-state index contributed by atoms with van der Waals surface area (Å²) in [6.07, 6.45) is 8.15. The second-order valence-corrected chi connectivity index (χ2v) is 7.91. The zero-order chi connectivity index (χ0) is 17.1. The molecule has 2 N–H and O–H groups in total. The number of hydrogen-bond donors (Lipinski definition) is 2. The Bertz CT molecular complexity index is 808. The molecule has 0 spiro atoms. The van der Waals surface area contributed by atoms with Crippen molar-refractivity contribution >= 4 is 38.3 Å². The molecule has 25 heavy (non-hydrogen) atoms. The van der Waals surface area contributed by atoms with Gasteiger partial charge in [-0.05, 0) is 44.0 Å². The molecule has 5 nitrogen and oxygen atoms in total. The van der Waals surface area contributed by atoms with Crippen LogP contribution in [-0.4, -0.2) is 40.6 Å². The van der Waals surface area contributed by atoms with Crippen LogP contribution in [0.4, 0.5) is 5.13 Å². The molecule has 1 aliphatic heterocycles. The lowest BCUT2D eigenvalue weighted by Gasteiger charge is -2.32. The summed E-state index contributed by atoms with van der Waals surface area (Å²) >= 11 is 7.82. The Labute approximate surface area is 156 Å². The number of rotatable bonds is 6. The first kappa shape index (κ1) is 16.8. The van der Waals surface area contributed by atoms with Crippen molar-refractivity contribution in [3.8, 4) is 0 Å². The van der Waals surface area contributed by atoms with Crippen LogP contribution >= 0.6 is 22.9 Å². The number of anilines is 1. The van der Waals surface area contributed by atoms with E-state index in [0.29, 0.717) is 6.04 Å². The average molecular weight is 376 g/mol. The fourth-order valence-corrected chi connectivity index (χ4v) is 4.59. The number of benzene rings is 1. The number of piperidine rings is 1. The molecule has 3 heterocycles. The van der Waals surface area contributed by atoms with E-state index < -0.39 is 0 Å². The molecule has 0 unspecified atom stereocenters. The lowest BCUT2D eigenvalue weighted by atomic mass is 10.1. The smallest absolute Gasteiger partial charge is 0.186 e. The summed E-state index contributed by atoms with van der Waals surface area (Å²) in [6, 6.07) is 6.53. The lowest BCUT2D eigenvalue weighted by molar-refractivity contribution is 0.412. The molecule has 132 valence electrons. The maximum absolute atomic E-state index is 6.08. The third kappa shape index (κ3) is 4.14. The monoisotopic (exact) mass is 375 g/mol. The number of aromatic nitrogens is 3. The highest BCUT2D eigenvalue weighted by Gasteiger charge is 2.21. The largest absolute Gasteiger partial charge is 0.349 e. The Morgan fingerprint density at radius 2 is 2.20 bits per heavy atom. The molecule has 4 rings (SSSR count). The highest BCUT2D eigenvalue weighted by atomic mass is 35.5. The first-order valence-electron chi connectivity index (χ1n) is 8.80. The summed E-state index contributed by atoms with van der Waals surface area (Å²) in [4.78, 5) is 14.6. The first-order valence-corrected chi connectivity index (χ1v) is 10.00. The maximum atomic E-state index is 6.08. The summed E-state index contributed by atoms with van der Waals surface area (Å²) < 4.78 is 1.17. The van der Waals surface area contributed by atoms with Crippen molar-refractivity contribution in [1.82, 2.24) is 20.3 Å². The number of halogens is 1. The Hall–Kier alpha value is -1.63. The lowest BCUT2D eigenvalue weighted by Crippen LogP contribution is -2.42. The van der Waals surface area contributed by atoms with Crippen LogP contribution in [0.1, 0.15) is 25.1 Å². The Morgan fingerprint density at radius 1 is 1.32 bits per heavy atom. The van der Waals surface area contributed by atoms with Gasteiger partial charge in [0.05, 0.1) is 10.2 Å². The fourth-order valence-electron chi connectivity index (χ4n) is 3.29. The van der Waals surface area contributed by atoms with E-state index >= 15 is 0 Å². The molecule has 7 heteroatoms. The summed E-state index contributed by atoms with van der Waals surface area (Å²) in [6.45, 7) is 3.16. The van der Waals surface area contributed by atoms with Crippen LogP contribution in [0, 0.1) is 0 Å². The molecule has 1 fully saturated rings. The van der Waals surface area contributed by atoms with Crippen LogP contribution in [0.2, 0.25) is 5.02 Å². The third-order valence-corrected chi connectivity index (χ3v) is 6.00. The summed E-state index contributed by atoms with van der Waals surface area (Å²) in [5, 5.41) is 5.58. The molecule has 3 aromatic rings. The van der Waals surface area contributed by atoms with Crippen LogP contribution < -0.4 is 10.2 Å². The summed E-state index contributed by atoms with van der Waals surface area (Å²) in [7, 11) is 0. The number of fused-ring (bicyclic) bond motifs is 1. The van der Waals surface area contributed by atoms with Gasteiger partial charge in [-0.3, -0.25) is 0 Å². The summed E-state index contributed by atoms with van der Waals surface area (Å²) in [5.41, 5.74) is 1.04. The molecular formula is C18H22ClN5S. The number of hydrogen-bond acceptors (Lipinski definition) is 5. The van der Waals surface area contributed by atoms with Gasteiger partial charge in [-0.25, -0.2) is 9.97 Å². The first-order chi connectivity index (χ1) is 12.3. The number of H-pyrrole nitrogens is 1. The zero-order valence-electron chi connectivity index (χ0n) is 14.0. The Kier molecular flexibility index (Phi) is 5.20. The molecule has 1 saturated heterocycles. The predicted molar refractivity (Wildman–Crippen MR) is 105 cm³/mol. The minimum atomic E-state index is 0.608. The average Bonchev–Trinajstić information content (AvgIpc) is 3.28. The maximum Gasteiger partial charge on any atom is 0.186 e. The van der Waals surface area contributed by atoms with Gasteiger partial charge in [0.2, 0.25) is 0 Å². The minimum absolute atomic E-state index is 0.608. The van der Waals surface area contributed by atoms with Crippen LogP contribution in [-0.2, 0) is 6.42 Å². The van der Waals surface area contributed by atoms with E-state index in [9.17, 15) is 0 Å². The van der Waals surface area contributed by atoms with Crippen molar-refractivity contribution in [2.45, 2.75) is 31.7 Å². The van der Waals surface area contributed by atoms with Gasteiger partial charge in [0.15, 0.2) is 5.13 Å². The summed E-state index contributed by atoms with van der Waals surface area (Å²) in [5.74, 6) is 1.08. The van der Waals surface area contributed by atoms with E-state index in [1.165, 1.54) is 4.70 Å². The van der Waals surface area contributed by atoms with E-state index in [1.54, 1.807) is 11.3 Å². The van der Waals surface area contributed by atoms with Gasteiger partial charge in [-0.2, -0.15) is 0 Å². The second-order valence-electron chi connectivity index (χ2n) is 6.46. The van der Waals surface area contributed by atoms with Crippen molar-refractivity contribution in [2.75, 3.05) is 24.5 Å². The Balaban J connectivity index is 1.24. The van der Waals surface area contributed by atoms with E-state index in [1.807, 2.05) is 30.6 Å². The van der Waals surface area contributed by atoms with Crippen LogP contribution in [0.3, 0.4) is 0 Å². The quantitative estimate of drug-likeness (QED) is 0.642. The third-order valence-electron chi connectivity index (χ3n) is 4.68. The van der Waals surface area contributed by atoms with Crippen molar-refractivity contribution in [2.24, 2.45) is 0 Å². The molecular weight excluding hydrogens is 354 g/mol. The van der Waals surface area contributed by atoms with Crippen molar-refractivity contribution in [3.05, 3.63) is 41.4 Å². The topological polar surface area (TPSA) is 56.8 Å². The van der Waals surface area contributed by atoms with E-state index in [-0.39, 0.29) is 0 Å². The van der Waals surface area contributed by atoms with E-state index in [4.69, 9.17) is 16.6 Å². The van der Waals surface area contributed by atoms with Crippen molar-refractivity contribution < 1.29 is 0 Å². The van der Waals surface area contributed by atoms with Crippen LogP contribution in [0.25, 0.3) is 10.2 Å². The van der Waals surface area contributed by atoms with Crippen LogP contribution in [0.5, 0.6) is 0 Å². The van der Waals surface area contributed by atoms with Crippen LogP contribution in [0.15, 0.2) is 30.6 Å². The zero-order valence-corrected chi connectivity index (χ0v) is 15.6. The minimum Gasteiger partial charge on any atom is -0.349 e. The molecule has 0 radical (unpaired) electrons. The van der Waals surface area contributed by atoms with Gasteiger partial charge in [0.1, 0.15) is 5.82 Å². The molecule has 0 atom stereocenters. The van der Waals surface area contributed by atoms with Gasteiger partial charge in [-0.1, -0.05) is 22.9 Å². The molecule has 0 saturated carbocycles. The number of aromatic amines is 1. The van der Waals surface area contributed by atoms with Gasteiger partial charge < -0.3 is 15.2 Å². The fraction of sp³-hybridized carbons (Fsp3) is 0.444. The molecule has 2 aromatic heterocycles. The highest BCUT2D eigenvalue weighted by Crippen LogP contribution is 2.32. The molecule has 0 bridgehead atoms. The van der Waals surface area contributed by atoms with Gasteiger partial charge in [0, 0.05) is 43.0 Å². The van der Waals surface area contributed by atoms with Crippen molar-refractivity contribution in [3.63, 3.8) is 0 Å². The highest BCUT2D eigenvalue weighted by molar-refractivity contribution is 7.22. The SMILES string of the molecule is Clc1ccc2nc(N3CCC(NCCCc4ncc[nH]4)CC3)sc2c1. The Morgan fingerprint density at radius 3 is 3.00 bits per heavy atom. The molecule has 1 aliphatic rings. The number of thiazole rings is 1. The molecule has 0 aliphatic carbocycles. The standard InChI is InChI=1S/C18H22ClN5S/c19-13-3-4-15-16(12-13)25-18(23-15)24-10-5-14(6-11-24)20-7-1-2-17-21-8-9-22-17/h3-4,8-9,12,14,20H,1-2,5-7,10-11H2,(H,21,22). The second kappa shape index (κ2) is 7.72. The van der Waals surface area contributed by atoms with Gasteiger partial charge in [0.25, 0.3) is 0 Å². The normalized spacial score (nSPS) is 16.0.